The molecule has 0 saturated carbocycles. The van der Waals surface area contributed by atoms with E-state index in [0.29, 0.717) is 25.8 Å². The molecule has 0 amide bonds. The summed E-state index contributed by atoms with van der Waals surface area (Å²) in [5.74, 6) is 0.541. The lowest BCUT2D eigenvalue weighted by Crippen LogP contribution is -2.46. The summed E-state index contributed by atoms with van der Waals surface area (Å²) >= 11 is 0. The van der Waals surface area contributed by atoms with Gasteiger partial charge in [0.1, 0.15) is 9.84 Å². The van der Waals surface area contributed by atoms with Crippen LogP contribution < -0.4 is 5.32 Å². The number of aliphatic hydroxyl groups is 1. The van der Waals surface area contributed by atoms with Crippen LogP contribution in [0.2, 0.25) is 0 Å². The van der Waals surface area contributed by atoms with Gasteiger partial charge in [0.2, 0.25) is 0 Å². The molecule has 2 rings (SSSR count). The fraction of sp³-hybridized carbons (Fsp3) is 1.00. The second kappa shape index (κ2) is 3.96. The number of hydrogen-bond acceptors (Lipinski definition) is 4. The van der Waals surface area contributed by atoms with E-state index in [0.717, 1.165) is 0 Å². The standard InChI is InChI=1S/C8H15NO3S.ClH/c10-7-5-8(9-6-7)1-3-13(11,12)4-2-8;/h7,9-10H,1-6H2;1H. The van der Waals surface area contributed by atoms with Gasteiger partial charge < -0.3 is 10.4 Å². The summed E-state index contributed by atoms with van der Waals surface area (Å²) in [4.78, 5) is 0. The first-order valence-corrected chi connectivity index (χ1v) is 6.47. The minimum absolute atomic E-state index is 0. The minimum Gasteiger partial charge on any atom is -0.392 e. The molecule has 6 heteroatoms. The molecule has 0 radical (unpaired) electrons. The van der Waals surface area contributed by atoms with E-state index in [2.05, 4.69) is 5.32 Å². The second-order valence-corrected chi connectivity index (χ2v) is 6.47. The molecule has 2 fully saturated rings. The average Bonchev–Trinajstić information content (AvgIpc) is 2.41. The van der Waals surface area contributed by atoms with Crippen LogP contribution in [0.1, 0.15) is 19.3 Å². The summed E-state index contributed by atoms with van der Waals surface area (Å²) in [6.07, 6.45) is 1.74. The van der Waals surface area contributed by atoms with Crippen LogP contribution in [0.25, 0.3) is 0 Å². The van der Waals surface area contributed by atoms with Gasteiger partial charge in [0.15, 0.2) is 0 Å². The predicted octanol–water partition coefficient (Wildman–Crippen LogP) is -0.290. The largest absolute Gasteiger partial charge is 0.392 e. The van der Waals surface area contributed by atoms with E-state index in [1.54, 1.807) is 0 Å². The molecular weight excluding hydrogens is 226 g/mol. The van der Waals surface area contributed by atoms with Crippen molar-refractivity contribution in [3.05, 3.63) is 0 Å². The Hall–Kier alpha value is 0.160. The van der Waals surface area contributed by atoms with Crippen LogP contribution in [0, 0.1) is 0 Å². The van der Waals surface area contributed by atoms with Crippen molar-refractivity contribution in [2.75, 3.05) is 18.1 Å². The van der Waals surface area contributed by atoms with E-state index >= 15 is 0 Å². The first kappa shape index (κ1) is 12.2. The zero-order valence-corrected chi connectivity index (χ0v) is 9.53. The molecule has 2 aliphatic heterocycles. The first-order chi connectivity index (χ1) is 6.02. The van der Waals surface area contributed by atoms with Crippen molar-refractivity contribution in [2.45, 2.75) is 30.9 Å². The maximum atomic E-state index is 11.2. The van der Waals surface area contributed by atoms with E-state index < -0.39 is 9.84 Å². The highest BCUT2D eigenvalue weighted by Crippen LogP contribution is 2.31. The van der Waals surface area contributed by atoms with Crippen LogP contribution in [0.5, 0.6) is 0 Å². The van der Waals surface area contributed by atoms with Crippen molar-refractivity contribution in [2.24, 2.45) is 0 Å². The summed E-state index contributed by atoms with van der Waals surface area (Å²) in [6.45, 7) is 0.611. The predicted molar refractivity (Wildman–Crippen MR) is 56.5 cm³/mol. The van der Waals surface area contributed by atoms with Crippen molar-refractivity contribution in [1.82, 2.24) is 5.32 Å². The van der Waals surface area contributed by atoms with Gasteiger partial charge in [0.25, 0.3) is 0 Å². The molecular formula is C8H16ClNO3S. The van der Waals surface area contributed by atoms with Crippen LogP contribution in [-0.2, 0) is 9.84 Å². The number of aliphatic hydroxyl groups excluding tert-OH is 1. The zero-order valence-electron chi connectivity index (χ0n) is 7.90. The summed E-state index contributed by atoms with van der Waals surface area (Å²) < 4.78 is 22.4. The van der Waals surface area contributed by atoms with Crippen LogP contribution in [0.3, 0.4) is 0 Å². The molecule has 0 bridgehead atoms. The van der Waals surface area contributed by atoms with E-state index in [1.807, 2.05) is 0 Å². The van der Waals surface area contributed by atoms with Crippen LogP contribution in [0.4, 0.5) is 0 Å². The SMILES string of the molecule is Cl.O=S1(=O)CCC2(CC1)CC(O)CN2. The molecule has 0 aromatic heterocycles. The number of nitrogens with one attached hydrogen (secondary N) is 1. The van der Waals surface area contributed by atoms with E-state index in [-0.39, 0.29) is 35.6 Å². The minimum atomic E-state index is -2.79. The van der Waals surface area contributed by atoms with Gasteiger partial charge in [-0.15, -0.1) is 12.4 Å². The molecule has 2 saturated heterocycles. The third kappa shape index (κ3) is 2.39. The van der Waals surface area contributed by atoms with Gasteiger partial charge in [0, 0.05) is 12.1 Å². The lowest BCUT2D eigenvalue weighted by atomic mass is 9.90. The number of hydrogen-bond donors (Lipinski definition) is 2. The number of halogens is 1. The molecule has 1 spiro atoms. The molecule has 0 aromatic rings. The Morgan fingerprint density at radius 2 is 1.86 bits per heavy atom. The van der Waals surface area contributed by atoms with Crippen LogP contribution >= 0.6 is 12.4 Å². The van der Waals surface area contributed by atoms with E-state index in [1.165, 1.54) is 0 Å². The van der Waals surface area contributed by atoms with Gasteiger partial charge >= 0.3 is 0 Å². The van der Waals surface area contributed by atoms with Gasteiger partial charge in [-0.2, -0.15) is 0 Å². The molecule has 2 heterocycles. The highest BCUT2D eigenvalue weighted by molar-refractivity contribution is 7.91. The molecule has 0 aromatic carbocycles. The van der Waals surface area contributed by atoms with Gasteiger partial charge in [-0.05, 0) is 19.3 Å². The molecule has 4 nitrogen and oxygen atoms in total. The first-order valence-electron chi connectivity index (χ1n) is 4.65. The average molecular weight is 242 g/mol. The van der Waals surface area contributed by atoms with Gasteiger partial charge in [-0.25, -0.2) is 8.42 Å². The van der Waals surface area contributed by atoms with Gasteiger partial charge in [-0.1, -0.05) is 0 Å². The zero-order chi connectivity index (χ0) is 9.53. The Balaban J connectivity index is 0.000000980. The second-order valence-electron chi connectivity index (χ2n) is 4.17. The van der Waals surface area contributed by atoms with Gasteiger partial charge in [0.05, 0.1) is 17.6 Å². The number of sulfone groups is 1. The Morgan fingerprint density at radius 3 is 2.29 bits per heavy atom. The van der Waals surface area contributed by atoms with Crippen molar-refractivity contribution < 1.29 is 13.5 Å². The summed E-state index contributed by atoms with van der Waals surface area (Å²) in [6, 6.07) is 0. The Labute approximate surface area is 90.4 Å². The Bertz CT molecular complexity index is 290. The van der Waals surface area contributed by atoms with Crippen molar-refractivity contribution in [3.8, 4) is 0 Å². The van der Waals surface area contributed by atoms with Crippen LogP contribution in [0.15, 0.2) is 0 Å². The fourth-order valence-electron chi connectivity index (χ4n) is 2.24. The topological polar surface area (TPSA) is 66.4 Å². The smallest absolute Gasteiger partial charge is 0.150 e. The highest BCUT2D eigenvalue weighted by Gasteiger charge is 2.42. The molecule has 84 valence electrons. The molecule has 0 aliphatic carbocycles. The van der Waals surface area contributed by atoms with Crippen molar-refractivity contribution in [3.63, 3.8) is 0 Å². The highest BCUT2D eigenvalue weighted by atomic mass is 35.5. The Morgan fingerprint density at radius 1 is 1.29 bits per heavy atom. The lowest BCUT2D eigenvalue weighted by molar-refractivity contribution is 0.181. The third-order valence-electron chi connectivity index (χ3n) is 3.12. The Kier molecular flexibility index (Phi) is 3.46. The van der Waals surface area contributed by atoms with Crippen molar-refractivity contribution in [1.29, 1.82) is 0 Å². The summed E-state index contributed by atoms with van der Waals surface area (Å²) in [5.41, 5.74) is -0.0786. The van der Waals surface area contributed by atoms with Crippen molar-refractivity contribution >= 4 is 22.2 Å². The van der Waals surface area contributed by atoms with E-state index in [4.69, 9.17) is 0 Å². The maximum Gasteiger partial charge on any atom is 0.150 e. The maximum absolute atomic E-state index is 11.2. The molecule has 1 unspecified atom stereocenters. The number of β-amino-alcohol motifs (C(OH)–C–C–N with tert-alkyl or cyclic N) is 1. The number of rotatable bonds is 0. The van der Waals surface area contributed by atoms with Crippen LogP contribution in [-0.4, -0.2) is 43.2 Å². The molecule has 2 N–H and O–H groups in total. The quantitative estimate of drug-likeness (QED) is 0.612. The fourth-order valence-corrected chi connectivity index (χ4v) is 3.85. The monoisotopic (exact) mass is 241 g/mol. The van der Waals surface area contributed by atoms with Gasteiger partial charge in [-0.3, -0.25) is 0 Å². The summed E-state index contributed by atoms with van der Waals surface area (Å²) in [5, 5.41) is 12.6. The molecule has 2 aliphatic rings. The summed E-state index contributed by atoms with van der Waals surface area (Å²) in [7, 11) is -2.79. The molecule has 1 atom stereocenters. The van der Waals surface area contributed by atoms with E-state index in [9.17, 15) is 13.5 Å². The lowest BCUT2D eigenvalue weighted by Gasteiger charge is -2.33. The normalized spacial score (nSPS) is 33.9. The third-order valence-corrected chi connectivity index (χ3v) is 4.77. The molecule has 14 heavy (non-hydrogen) atoms.